The minimum atomic E-state index is -0.308. The number of likely N-dealkylation sites (tertiary alicyclic amines) is 1. The maximum absolute atomic E-state index is 13.7. The second kappa shape index (κ2) is 9.65. The molecule has 3 heterocycles. The molecule has 1 saturated heterocycles. The summed E-state index contributed by atoms with van der Waals surface area (Å²) in [5.41, 5.74) is 2.34. The predicted octanol–water partition coefficient (Wildman–Crippen LogP) is 5.32. The lowest BCUT2D eigenvalue weighted by molar-refractivity contribution is -0.136. The Labute approximate surface area is 193 Å². The normalized spacial score (nSPS) is 18.9. The van der Waals surface area contributed by atoms with E-state index in [0.717, 1.165) is 56.3 Å². The first kappa shape index (κ1) is 21.5. The fraction of sp³-hybridized carbons (Fsp3) is 0.385. The molecule has 3 aromatic rings. The van der Waals surface area contributed by atoms with E-state index in [9.17, 15) is 9.18 Å². The third-order valence-electron chi connectivity index (χ3n) is 6.62. The second-order valence-electron chi connectivity index (χ2n) is 8.97. The average Bonchev–Trinajstić information content (AvgIpc) is 3.39. The van der Waals surface area contributed by atoms with Gasteiger partial charge in [-0.25, -0.2) is 14.4 Å². The van der Waals surface area contributed by atoms with Crippen molar-refractivity contribution in [1.29, 1.82) is 0 Å². The van der Waals surface area contributed by atoms with Crippen molar-refractivity contribution in [3.05, 3.63) is 66.5 Å². The Balaban J connectivity index is 1.44. The molecule has 1 saturated carbocycles. The number of piperidine rings is 1. The fourth-order valence-corrected chi connectivity index (χ4v) is 4.92. The number of amides is 1. The van der Waals surface area contributed by atoms with E-state index in [1.54, 1.807) is 24.5 Å². The van der Waals surface area contributed by atoms with E-state index in [2.05, 4.69) is 10.3 Å². The van der Waals surface area contributed by atoms with Gasteiger partial charge in [-0.1, -0.05) is 18.9 Å². The van der Waals surface area contributed by atoms with E-state index < -0.39 is 0 Å². The van der Waals surface area contributed by atoms with E-state index in [1.165, 1.54) is 12.1 Å². The van der Waals surface area contributed by atoms with Crippen LogP contribution >= 0.6 is 0 Å². The molecule has 7 heteroatoms. The molecule has 2 fully saturated rings. The third-order valence-corrected chi connectivity index (χ3v) is 6.62. The summed E-state index contributed by atoms with van der Waals surface area (Å²) in [6, 6.07) is 12.0. The highest BCUT2D eigenvalue weighted by Crippen LogP contribution is 2.32. The van der Waals surface area contributed by atoms with Crippen LogP contribution in [0.5, 0.6) is 0 Å². The first-order chi connectivity index (χ1) is 16.2. The highest BCUT2D eigenvalue weighted by molar-refractivity contribution is 5.79. The lowest BCUT2D eigenvalue weighted by atomic mass is 9.95. The largest absolute Gasteiger partial charge is 0.342 e. The molecule has 1 aliphatic carbocycles. The fourth-order valence-electron chi connectivity index (χ4n) is 4.92. The van der Waals surface area contributed by atoms with Gasteiger partial charge in [0.15, 0.2) is 0 Å². The number of aromatic nitrogens is 3. The molecule has 33 heavy (non-hydrogen) atoms. The van der Waals surface area contributed by atoms with Gasteiger partial charge in [0.1, 0.15) is 17.5 Å². The molecule has 0 bridgehead atoms. The monoisotopic (exact) mass is 445 g/mol. The number of nitrogens with zero attached hydrogens (tertiary/aromatic N) is 4. The third kappa shape index (κ3) is 5.02. The maximum atomic E-state index is 13.7. The molecule has 1 aromatic carbocycles. The van der Waals surface area contributed by atoms with Crippen molar-refractivity contribution in [3.63, 3.8) is 0 Å². The predicted molar refractivity (Wildman–Crippen MR) is 125 cm³/mol. The maximum Gasteiger partial charge on any atom is 0.225 e. The van der Waals surface area contributed by atoms with E-state index in [-0.39, 0.29) is 17.7 Å². The van der Waals surface area contributed by atoms with Crippen molar-refractivity contribution in [3.8, 4) is 11.3 Å². The smallest absolute Gasteiger partial charge is 0.225 e. The van der Waals surface area contributed by atoms with Crippen molar-refractivity contribution in [2.45, 2.75) is 44.4 Å². The van der Waals surface area contributed by atoms with E-state index >= 15 is 0 Å². The minimum Gasteiger partial charge on any atom is -0.342 e. The van der Waals surface area contributed by atoms with Gasteiger partial charge in [0.25, 0.3) is 0 Å². The summed E-state index contributed by atoms with van der Waals surface area (Å²) in [7, 11) is 0. The van der Waals surface area contributed by atoms with Gasteiger partial charge in [-0.3, -0.25) is 9.78 Å². The Morgan fingerprint density at radius 3 is 2.61 bits per heavy atom. The van der Waals surface area contributed by atoms with Crippen molar-refractivity contribution >= 4 is 17.4 Å². The Bertz CT molecular complexity index is 1120. The van der Waals surface area contributed by atoms with Crippen molar-refractivity contribution in [1.82, 2.24) is 19.9 Å². The van der Waals surface area contributed by atoms with E-state index in [0.29, 0.717) is 29.8 Å². The van der Waals surface area contributed by atoms with Crippen LogP contribution in [-0.2, 0) is 4.79 Å². The molecule has 1 aliphatic heterocycles. The molecule has 6 nitrogen and oxygen atoms in total. The number of nitrogens with one attached hydrogen (secondary N) is 1. The molecule has 1 amide bonds. The summed E-state index contributed by atoms with van der Waals surface area (Å²) >= 11 is 0. The first-order valence-electron chi connectivity index (χ1n) is 11.8. The van der Waals surface area contributed by atoms with Gasteiger partial charge in [-0.05, 0) is 56.0 Å². The molecule has 5 rings (SSSR count). The van der Waals surface area contributed by atoms with E-state index in [4.69, 9.17) is 9.97 Å². The Morgan fingerprint density at radius 1 is 1.00 bits per heavy atom. The van der Waals surface area contributed by atoms with Crippen molar-refractivity contribution < 1.29 is 9.18 Å². The number of benzene rings is 1. The standard InChI is InChI=1S/C26H28FN5O/c27-21-8-3-9-22(15-21)29-24-16-23(18-10-12-28-13-11-18)30-25(31-24)20-7-4-14-32(17-20)26(33)19-5-1-2-6-19/h3,8-13,15-16,19-20H,1-2,4-7,14,17H2,(H,29,30,31)/t20-/m0/s1. The Kier molecular flexibility index (Phi) is 6.28. The molecule has 2 aromatic heterocycles. The number of hydrogen-bond acceptors (Lipinski definition) is 5. The minimum absolute atomic E-state index is 0.0685. The molecule has 0 spiro atoms. The molecule has 1 N–H and O–H groups in total. The van der Waals surface area contributed by atoms with Gasteiger partial charge in [0.2, 0.25) is 5.91 Å². The van der Waals surface area contributed by atoms with Crippen LogP contribution in [0.2, 0.25) is 0 Å². The van der Waals surface area contributed by atoms with Gasteiger partial charge >= 0.3 is 0 Å². The van der Waals surface area contributed by atoms with Gasteiger partial charge in [0, 0.05) is 54.6 Å². The Morgan fingerprint density at radius 2 is 1.82 bits per heavy atom. The Hall–Kier alpha value is -3.35. The summed E-state index contributed by atoms with van der Waals surface area (Å²) in [5, 5.41) is 3.23. The number of carbonyl (C=O) groups is 1. The quantitative estimate of drug-likeness (QED) is 0.576. The van der Waals surface area contributed by atoms with Gasteiger partial charge < -0.3 is 10.2 Å². The first-order valence-corrected chi connectivity index (χ1v) is 11.8. The summed E-state index contributed by atoms with van der Waals surface area (Å²) in [6.45, 7) is 1.46. The average molecular weight is 446 g/mol. The molecule has 170 valence electrons. The topological polar surface area (TPSA) is 71.0 Å². The SMILES string of the molecule is O=C(C1CCCC1)N1CCC[C@H](c2nc(Nc3cccc(F)c3)cc(-c3ccncc3)n2)C1. The van der Waals surface area contributed by atoms with Crippen LogP contribution in [0.1, 0.15) is 50.3 Å². The van der Waals surface area contributed by atoms with Crippen molar-refractivity contribution in [2.75, 3.05) is 18.4 Å². The van der Waals surface area contributed by atoms with Gasteiger partial charge in [0.05, 0.1) is 5.69 Å². The summed E-state index contributed by atoms with van der Waals surface area (Å²) in [5.74, 6) is 1.55. The molecule has 1 atom stereocenters. The van der Waals surface area contributed by atoms with Crippen molar-refractivity contribution in [2.24, 2.45) is 5.92 Å². The van der Waals surface area contributed by atoms with Crippen LogP contribution in [0, 0.1) is 11.7 Å². The molecular weight excluding hydrogens is 417 g/mol. The van der Waals surface area contributed by atoms with Crippen LogP contribution in [0.25, 0.3) is 11.3 Å². The van der Waals surface area contributed by atoms with Crippen LogP contribution in [0.3, 0.4) is 0 Å². The van der Waals surface area contributed by atoms with Crippen LogP contribution in [0.4, 0.5) is 15.9 Å². The zero-order chi connectivity index (χ0) is 22.6. The van der Waals surface area contributed by atoms with E-state index in [1.807, 2.05) is 23.1 Å². The number of hydrogen-bond donors (Lipinski definition) is 1. The lowest BCUT2D eigenvalue weighted by Crippen LogP contribution is -2.42. The zero-order valence-corrected chi connectivity index (χ0v) is 18.6. The molecule has 0 unspecified atom stereocenters. The summed E-state index contributed by atoms with van der Waals surface area (Å²) < 4.78 is 13.7. The molecule has 0 radical (unpaired) electrons. The van der Waals surface area contributed by atoms with Gasteiger partial charge in [-0.2, -0.15) is 0 Å². The van der Waals surface area contributed by atoms with Crippen LogP contribution in [-0.4, -0.2) is 38.8 Å². The number of halogens is 1. The summed E-state index contributed by atoms with van der Waals surface area (Å²) in [4.78, 5) is 28.8. The van der Waals surface area contributed by atoms with Crippen LogP contribution < -0.4 is 5.32 Å². The number of rotatable bonds is 5. The number of anilines is 2. The zero-order valence-electron chi connectivity index (χ0n) is 18.6. The highest BCUT2D eigenvalue weighted by atomic mass is 19.1. The number of pyridine rings is 1. The van der Waals surface area contributed by atoms with Gasteiger partial charge in [-0.15, -0.1) is 0 Å². The highest BCUT2D eigenvalue weighted by Gasteiger charge is 2.32. The second-order valence-corrected chi connectivity index (χ2v) is 8.97. The number of carbonyl (C=O) groups excluding carboxylic acids is 1. The lowest BCUT2D eigenvalue weighted by Gasteiger charge is -2.34. The summed E-state index contributed by atoms with van der Waals surface area (Å²) in [6.07, 6.45) is 9.68. The molecular formula is C26H28FN5O. The van der Waals surface area contributed by atoms with Crippen LogP contribution in [0.15, 0.2) is 54.9 Å². The molecule has 2 aliphatic rings.